The maximum Gasteiger partial charge on any atom is 0.416 e. The van der Waals surface area contributed by atoms with E-state index in [4.69, 9.17) is 5.73 Å². The van der Waals surface area contributed by atoms with Crippen molar-refractivity contribution in [2.45, 2.75) is 25.1 Å². The minimum absolute atomic E-state index is 0.179. The Morgan fingerprint density at radius 3 is 2.62 bits per heavy atom. The largest absolute Gasteiger partial charge is 0.416 e. The van der Waals surface area contributed by atoms with Crippen LogP contribution in [0.3, 0.4) is 0 Å². The third kappa shape index (κ3) is 4.19. The van der Waals surface area contributed by atoms with Crippen LogP contribution in [-0.2, 0) is 6.18 Å². The molecule has 0 saturated carbocycles. The van der Waals surface area contributed by atoms with Crippen LogP contribution in [0.5, 0.6) is 0 Å². The van der Waals surface area contributed by atoms with Crippen LogP contribution in [0.25, 0.3) is 33.2 Å². The monoisotopic (exact) mass is 467 g/mol. The standard InChI is InChI=1S/C25H24F3N5O/c1-33-9-7-16(8-10-33)30-17-5-6-18-21(12-17)32-23-19(24(29)34)13-20(31-22(18)23)14-3-2-4-15(11-14)25(26,27)28/h2-6,11-13,16,30,32H,7-10H2,1H3,(H2,29,34). The van der Waals surface area contributed by atoms with E-state index in [0.29, 0.717) is 17.1 Å². The number of alkyl halides is 3. The van der Waals surface area contributed by atoms with Gasteiger partial charge in [0.05, 0.1) is 33.4 Å². The van der Waals surface area contributed by atoms with E-state index in [1.807, 2.05) is 18.2 Å². The van der Waals surface area contributed by atoms with Crippen molar-refractivity contribution in [3.05, 3.63) is 59.7 Å². The molecule has 1 aliphatic heterocycles. The Morgan fingerprint density at radius 1 is 1.15 bits per heavy atom. The molecule has 2 aromatic carbocycles. The second kappa shape index (κ2) is 8.32. The Morgan fingerprint density at radius 2 is 1.91 bits per heavy atom. The Balaban J connectivity index is 1.58. The molecule has 1 aliphatic rings. The lowest BCUT2D eigenvalue weighted by molar-refractivity contribution is -0.137. The van der Waals surface area contributed by atoms with Crippen molar-refractivity contribution < 1.29 is 18.0 Å². The number of aromatic nitrogens is 2. The molecule has 2 aromatic heterocycles. The van der Waals surface area contributed by atoms with E-state index in [2.05, 4.69) is 27.2 Å². The highest BCUT2D eigenvalue weighted by Gasteiger charge is 2.30. The molecular formula is C25H24F3N5O. The number of nitrogens with zero attached hydrogens (tertiary/aromatic N) is 2. The summed E-state index contributed by atoms with van der Waals surface area (Å²) in [5.74, 6) is -0.683. The Hall–Kier alpha value is -3.59. The number of likely N-dealkylation sites (tertiary alicyclic amines) is 1. The van der Waals surface area contributed by atoms with Gasteiger partial charge in [-0.05, 0) is 69.4 Å². The molecule has 0 aliphatic carbocycles. The topological polar surface area (TPSA) is 87.0 Å². The van der Waals surface area contributed by atoms with Crippen LogP contribution in [0.2, 0.25) is 0 Å². The fraction of sp³-hybridized carbons (Fsp3) is 0.280. The number of halogens is 3. The third-order valence-electron chi connectivity index (χ3n) is 6.39. The third-order valence-corrected chi connectivity index (χ3v) is 6.39. The summed E-state index contributed by atoms with van der Waals surface area (Å²) in [5.41, 5.74) is 8.21. The molecular weight excluding hydrogens is 443 g/mol. The zero-order valence-corrected chi connectivity index (χ0v) is 18.5. The molecule has 176 valence electrons. The molecule has 0 atom stereocenters. The molecule has 6 nitrogen and oxygen atoms in total. The van der Waals surface area contributed by atoms with Crippen molar-refractivity contribution >= 4 is 33.5 Å². The van der Waals surface area contributed by atoms with Crippen molar-refractivity contribution in [2.75, 3.05) is 25.5 Å². The maximum absolute atomic E-state index is 13.2. The molecule has 34 heavy (non-hydrogen) atoms. The normalized spacial score (nSPS) is 15.8. The van der Waals surface area contributed by atoms with E-state index in [1.54, 1.807) is 0 Å². The number of carbonyl (C=O) groups excluding carboxylic acids is 1. The van der Waals surface area contributed by atoms with Gasteiger partial charge in [0.15, 0.2) is 0 Å². The predicted octanol–water partition coefficient (Wildman–Crippen LogP) is 5.01. The van der Waals surface area contributed by atoms with E-state index >= 15 is 0 Å². The number of hydrogen-bond acceptors (Lipinski definition) is 4. The number of pyridine rings is 1. The number of hydrogen-bond donors (Lipinski definition) is 3. The van der Waals surface area contributed by atoms with Gasteiger partial charge in [-0.1, -0.05) is 12.1 Å². The van der Waals surface area contributed by atoms with Crippen LogP contribution >= 0.6 is 0 Å². The van der Waals surface area contributed by atoms with Gasteiger partial charge in [-0.3, -0.25) is 4.79 Å². The van der Waals surface area contributed by atoms with E-state index in [0.717, 1.165) is 54.7 Å². The van der Waals surface area contributed by atoms with Gasteiger partial charge in [0.25, 0.3) is 5.91 Å². The average molecular weight is 467 g/mol. The molecule has 5 rings (SSSR count). The maximum atomic E-state index is 13.2. The number of H-pyrrole nitrogens is 1. The van der Waals surface area contributed by atoms with E-state index in [9.17, 15) is 18.0 Å². The molecule has 3 heterocycles. The van der Waals surface area contributed by atoms with E-state index in [1.165, 1.54) is 18.2 Å². The minimum Gasteiger partial charge on any atom is -0.382 e. The number of amides is 1. The highest BCUT2D eigenvalue weighted by atomic mass is 19.4. The van der Waals surface area contributed by atoms with Gasteiger partial charge in [0.1, 0.15) is 0 Å². The summed E-state index contributed by atoms with van der Waals surface area (Å²) in [6.07, 6.45) is -2.38. The number of anilines is 1. The number of rotatable bonds is 4. The fourth-order valence-corrected chi connectivity index (χ4v) is 4.53. The number of piperidine rings is 1. The lowest BCUT2D eigenvalue weighted by Gasteiger charge is -2.30. The second-order valence-electron chi connectivity index (χ2n) is 8.83. The van der Waals surface area contributed by atoms with Gasteiger partial charge in [0, 0.05) is 22.7 Å². The Labute approximate surface area is 194 Å². The van der Waals surface area contributed by atoms with Gasteiger partial charge in [-0.25, -0.2) is 4.98 Å². The van der Waals surface area contributed by atoms with E-state index in [-0.39, 0.29) is 16.8 Å². The predicted molar refractivity (Wildman–Crippen MR) is 127 cm³/mol. The lowest BCUT2D eigenvalue weighted by atomic mass is 10.0. The lowest BCUT2D eigenvalue weighted by Crippen LogP contribution is -2.36. The summed E-state index contributed by atoms with van der Waals surface area (Å²) in [6, 6.07) is 12.5. The van der Waals surface area contributed by atoms with Crippen LogP contribution in [-0.4, -0.2) is 47.0 Å². The van der Waals surface area contributed by atoms with Crippen molar-refractivity contribution in [1.82, 2.24) is 14.9 Å². The molecule has 1 amide bonds. The van der Waals surface area contributed by atoms with Gasteiger partial charge in [-0.2, -0.15) is 13.2 Å². The van der Waals surface area contributed by atoms with Crippen molar-refractivity contribution in [1.29, 1.82) is 0 Å². The zero-order valence-electron chi connectivity index (χ0n) is 18.5. The number of aromatic amines is 1. The highest BCUT2D eigenvalue weighted by Crippen LogP contribution is 2.34. The summed E-state index contributed by atoms with van der Waals surface area (Å²) < 4.78 is 39.7. The molecule has 9 heteroatoms. The molecule has 4 N–H and O–H groups in total. The van der Waals surface area contributed by atoms with Gasteiger partial charge in [0.2, 0.25) is 0 Å². The zero-order chi connectivity index (χ0) is 24.0. The summed E-state index contributed by atoms with van der Waals surface area (Å²) >= 11 is 0. The Bertz CT molecular complexity index is 1390. The Kier molecular flexibility index (Phi) is 5.44. The summed E-state index contributed by atoms with van der Waals surface area (Å²) in [5, 5.41) is 4.33. The average Bonchev–Trinajstić information content (AvgIpc) is 3.17. The van der Waals surface area contributed by atoms with Crippen LogP contribution in [0, 0.1) is 0 Å². The van der Waals surface area contributed by atoms with Gasteiger partial charge >= 0.3 is 6.18 Å². The summed E-state index contributed by atoms with van der Waals surface area (Å²) in [6.45, 7) is 2.08. The van der Waals surface area contributed by atoms with E-state index < -0.39 is 17.6 Å². The van der Waals surface area contributed by atoms with Gasteiger partial charge < -0.3 is 20.9 Å². The van der Waals surface area contributed by atoms with Crippen molar-refractivity contribution in [3.63, 3.8) is 0 Å². The summed E-state index contributed by atoms with van der Waals surface area (Å²) in [4.78, 5) is 22.4. The van der Waals surface area contributed by atoms with Crippen LogP contribution in [0.1, 0.15) is 28.8 Å². The van der Waals surface area contributed by atoms with Crippen LogP contribution in [0.4, 0.5) is 18.9 Å². The summed E-state index contributed by atoms with van der Waals surface area (Å²) in [7, 11) is 2.11. The second-order valence-corrected chi connectivity index (χ2v) is 8.83. The number of nitrogens with two attached hydrogens (primary N) is 1. The highest BCUT2D eigenvalue weighted by molar-refractivity contribution is 6.14. The number of nitrogens with one attached hydrogen (secondary N) is 2. The van der Waals surface area contributed by atoms with Crippen molar-refractivity contribution in [3.8, 4) is 11.3 Å². The van der Waals surface area contributed by atoms with Crippen LogP contribution in [0.15, 0.2) is 48.5 Å². The first-order chi connectivity index (χ1) is 16.2. The number of fused-ring (bicyclic) bond motifs is 3. The number of primary amides is 1. The fourth-order valence-electron chi connectivity index (χ4n) is 4.53. The molecule has 0 bridgehead atoms. The van der Waals surface area contributed by atoms with Gasteiger partial charge in [-0.15, -0.1) is 0 Å². The molecule has 0 unspecified atom stereocenters. The van der Waals surface area contributed by atoms with Crippen LogP contribution < -0.4 is 11.1 Å². The number of benzene rings is 2. The SMILES string of the molecule is CN1CCC(Nc2ccc3c(c2)[nH]c2c(C(N)=O)cc(-c4cccc(C(F)(F)F)c4)nc23)CC1. The first kappa shape index (κ1) is 22.2. The molecule has 1 saturated heterocycles. The quantitative estimate of drug-likeness (QED) is 0.394. The molecule has 4 aromatic rings. The minimum atomic E-state index is -4.48. The smallest absolute Gasteiger partial charge is 0.382 e. The molecule has 0 spiro atoms. The molecule has 0 radical (unpaired) electrons. The van der Waals surface area contributed by atoms with Crippen molar-refractivity contribution in [2.24, 2.45) is 5.73 Å². The molecule has 1 fully saturated rings. The first-order valence-electron chi connectivity index (χ1n) is 11.1. The first-order valence-corrected chi connectivity index (χ1v) is 11.1. The number of carbonyl (C=O) groups is 1.